The predicted octanol–water partition coefficient (Wildman–Crippen LogP) is 6.03. The van der Waals surface area contributed by atoms with Crippen molar-refractivity contribution in [1.82, 2.24) is 9.80 Å². The monoisotopic (exact) mass is 670 g/mol. The number of fused-ring (bicyclic) bond motifs is 4. The third-order valence-corrected chi connectivity index (χ3v) is 16.4. The summed E-state index contributed by atoms with van der Waals surface area (Å²) < 4.78 is 26.3. The van der Waals surface area contributed by atoms with Gasteiger partial charge in [0.05, 0.1) is 43.1 Å². The Morgan fingerprint density at radius 1 is 0.979 bits per heavy atom. The van der Waals surface area contributed by atoms with Crippen LogP contribution in [0.2, 0.25) is 0 Å². The highest BCUT2D eigenvalue weighted by atomic mass is 16.7. The van der Waals surface area contributed by atoms with Crippen LogP contribution < -0.4 is 0 Å². The number of hydrogen-bond donors (Lipinski definition) is 1. The zero-order chi connectivity index (χ0) is 33.9. The lowest BCUT2D eigenvalue weighted by molar-refractivity contribution is -0.247. The van der Waals surface area contributed by atoms with Crippen LogP contribution in [-0.2, 0) is 23.7 Å². The molecule has 1 amide bonds. The highest BCUT2D eigenvalue weighted by Gasteiger charge is 2.80. The number of morpholine rings is 1. The molecule has 8 rings (SSSR count). The smallest absolute Gasteiger partial charge is 0.239 e. The Morgan fingerprint density at radius 2 is 1.75 bits per heavy atom. The first kappa shape index (κ1) is 34.3. The van der Waals surface area contributed by atoms with Gasteiger partial charge in [-0.1, -0.05) is 20.8 Å². The number of likely N-dealkylation sites (tertiary alicyclic amines) is 1. The molecule has 3 heterocycles. The standard InChI is InChI=1S/C40H66N2O6/c1-8-45-34(37(5,6)44)29-12-10-27-30(47-29)22-28-26-11-13-31-36(3,4)32(14-15-40(31)24-39(26,40)17-16-38(27,28)7)48-33-23-42(20-21-46-33)25(2)35(43)41-18-9-19-41/h25-34,44H,8-24H2,1-7H3. The van der Waals surface area contributed by atoms with E-state index in [1.165, 1.54) is 51.4 Å². The molecule has 8 aliphatic rings. The molecule has 0 aromatic rings. The average molecular weight is 671 g/mol. The lowest BCUT2D eigenvalue weighted by atomic mass is 9.46. The summed E-state index contributed by atoms with van der Waals surface area (Å²) in [5, 5.41) is 11.0. The third kappa shape index (κ3) is 5.06. The number of amides is 1. The van der Waals surface area contributed by atoms with E-state index in [1.807, 2.05) is 25.7 Å². The van der Waals surface area contributed by atoms with Crippen molar-refractivity contribution in [3.8, 4) is 0 Å². The fourth-order valence-electron chi connectivity index (χ4n) is 13.9. The van der Waals surface area contributed by atoms with Crippen molar-refractivity contribution in [3.05, 3.63) is 0 Å². The van der Waals surface area contributed by atoms with Crippen LogP contribution in [0.4, 0.5) is 0 Å². The van der Waals surface area contributed by atoms with Gasteiger partial charge in [0.15, 0.2) is 6.29 Å². The average Bonchev–Trinajstić information content (AvgIpc) is 3.59. The lowest BCUT2D eigenvalue weighted by Gasteiger charge is -2.60. The van der Waals surface area contributed by atoms with Gasteiger partial charge in [-0.15, -0.1) is 0 Å². The number of aliphatic hydroxyl groups is 1. The van der Waals surface area contributed by atoms with Crippen molar-refractivity contribution in [2.24, 2.45) is 45.3 Å². The molecule has 272 valence electrons. The maximum atomic E-state index is 13.0. The van der Waals surface area contributed by atoms with Crippen LogP contribution in [0.25, 0.3) is 0 Å². The first-order chi connectivity index (χ1) is 22.7. The second-order valence-electron chi connectivity index (χ2n) is 19.1. The summed E-state index contributed by atoms with van der Waals surface area (Å²) in [6.45, 7) is 20.0. The molecule has 13 atom stereocenters. The van der Waals surface area contributed by atoms with Crippen molar-refractivity contribution >= 4 is 5.91 Å². The van der Waals surface area contributed by atoms with Gasteiger partial charge in [-0.3, -0.25) is 9.69 Å². The number of hydrogen-bond acceptors (Lipinski definition) is 7. The topological polar surface area (TPSA) is 80.7 Å². The van der Waals surface area contributed by atoms with Gasteiger partial charge < -0.3 is 29.0 Å². The van der Waals surface area contributed by atoms with E-state index in [9.17, 15) is 9.90 Å². The number of carbonyl (C=O) groups is 1. The van der Waals surface area contributed by atoms with E-state index in [0.29, 0.717) is 53.9 Å². The van der Waals surface area contributed by atoms with Crippen molar-refractivity contribution in [1.29, 1.82) is 0 Å². The molecule has 8 fully saturated rings. The van der Waals surface area contributed by atoms with Crippen LogP contribution in [0.3, 0.4) is 0 Å². The molecule has 5 saturated carbocycles. The second kappa shape index (κ2) is 11.9. The van der Waals surface area contributed by atoms with Gasteiger partial charge in [-0.25, -0.2) is 0 Å². The summed E-state index contributed by atoms with van der Waals surface area (Å²) in [4.78, 5) is 17.3. The fraction of sp³-hybridized carbons (Fsp3) is 0.975. The minimum Gasteiger partial charge on any atom is -0.388 e. The zero-order valence-electron chi connectivity index (χ0n) is 31.2. The van der Waals surface area contributed by atoms with E-state index in [0.717, 1.165) is 50.7 Å². The Balaban J connectivity index is 0.940. The minimum absolute atomic E-state index is 0.0209. The van der Waals surface area contributed by atoms with Gasteiger partial charge >= 0.3 is 0 Å². The molecular formula is C40H66N2O6. The van der Waals surface area contributed by atoms with E-state index < -0.39 is 5.60 Å². The Labute approximate surface area is 290 Å². The van der Waals surface area contributed by atoms with Crippen LogP contribution in [0.5, 0.6) is 0 Å². The summed E-state index contributed by atoms with van der Waals surface area (Å²) in [5.41, 5.74) is 0.530. The van der Waals surface area contributed by atoms with Crippen LogP contribution in [0, 0.1) is 45.3 Å². The van der Waals surface area contributed by atoms with E-state index >= 15 is 0 Å². The summed E-state index contributed by atoms with van der Waals surface area (Å²) in [7, 11) is 0. The summed E-state index contributed by atoms with van der Waals surface area (Å²) >= 11 is 0. The maximum absolute atomic E-state index is 13.0. The summed E-state index contributed by atoms with van der Waals surface area (Å²) in [6.07, 6.45) is 13.7. The number of rotatable bonds is 8. The number of nitrogens with zero attached hydrogens (tertiary/aromatic N) is 2. The molecule has 8 heteroatoms. The van der Waals surface area contributed by atoms with E-state index in [-0.39, 0.29) is 42.0 Å². The Bertz CT molecular complexity index is 1230. The normalized spacial score (nSPS) is 47.8. The highest BCUT2D eigenvalue weighted by Crippen LogP contribution is 2.87. The highest BCUT2D eigenvalue weighted by molar-refractivity contribution is 5.82. The van der Waals surface area contributed by atoms with Crippen LogP contribution >= 0.6 is 0 Å². The molecular weight excluding hydrogens is 604 g/mol. The minimum atomic E-state index is -0.908. The molecule has 2 spiro atoms. The molecule has 3 saturated heterocycles. The molecule has 13 unspecified atom stereocenters. The Kier molecular flexibility index (Phi) is 8.49. The van der Waals surface area contributed by atoms with Crippen molar-refractivity contribution < 1.29 is 28.8 Å². The second-order valence-corrected chi connectivity index (χ2v) is 19.1. The third-order valence-electron chi connectivity index (χ3n) is 16.4. The van der Waals surface area contributed by atoms with Gasteiger partial charge in [-0.05, 0) is 144 Å². The van der Waals surface area contributed by atoms with Crippen LogP contribution in [-0.4, -0.2) is 103 Å². The Hall–Kier alpha value is -0.770. The molecule has 3 aliphatic heterocycles. The first-order valence-electron chi connectivity index (χ1n) is 20.0. The zero-order valence-corrected chi connectivity index (χ0v) is 31.2. The van der Waals surface area contributed by atoms with Gasteiger partial charge in [0.2, 0.25) is 5.91 Å². The van der Waals surface area contributed by atoms with Crippen molar-refractivity contribution in [2.45, 2.75) is 161 Å². The quantitative estimate of drug-likeness (QED) is 0.338. The van der Waals surface area contributed by atoms with Crippen molar-refractivity contribution in [3.63, 3.8) is 0 Å². The largest absolute Gasteiger partial charge is 0.388 e. The molecule has 8 nitrogen and oxygen atoms in total. The molecule has 5 aliphatic carbocycles. The molecule has 48 heavy (non-hydrogen) atoms. The molecule has 0 aromatic carbocycles. The predicted molar refractivity (Wildman–Crippen MR) is 184 cm³/mol. The van der Waals surface area contributed by atoms with Gasteiger partial charge in [0.1, 0.15) is 6.10 Å². The Morgan fingerprint density at radius 3 is 2.46 bits per heavy atom. The number of carbonyl (C=O) groups excluding carboxylic acids is 1. The first-order valence-corrected chi connectivity index (χ1v) is 20.0. The van der Waals surface area contributed by atoms with Gasteiger partial charge in [-0.2, -0.15) is 0 Å². The van der Waals surface area contributed by atoms with Crippen molar-refractivity contribution in [2.75, 3.05) is 39.4 Å². The molecule has 0 radical (unpaired) electrons. The molecule has 0 bridgehead atoms. The van der Waals surface area contributed by atoms with Gasteiger partial charge in [0, 0.05) is 26.2 Å². The number of ether oxygens (including phenoxy) is 4. The van der Waals surface area contributed by atoms with Gasteiger partial charge in [0.25, 0.3) is 0 Å². The van der Waals surface area contributed by atoms with Crippen LogP contribution in [0.15, 0.2) is 0 Å². The SMILES string of the molecule is CCOC(C1CCC2C(CC3C4CCC5C(C)(C)C(OC6CN(C(C)C(=O)N7CCC7)CCO6)CCC56CC46CCC23C)O1)C(C)(C)O. The fourth-order valence-corrected chi connectivity index (χ4v) is 13.9. The van der Waals surface area contributed by atoms with E-state index in [2.05, 4.69) is 32.6 Å². The molecule has 0 aromatic heterocycles. The lowest BCUT2D eigenvalue weighted by Crippen LogP contribution is -2.58. The van der Waals surface area contributed by atoms with E-state index in [4.69, 9.17) is 18.9 Å². The summed E-state index contributed by atoms with van der Waals surface area (Å²) in [6, 6.07) is -0.107. The molecule has 1 N–H and O–H groups in total. The summed E-state index contributed by atoms with van der Waals surface area (Å²) in [5.74, 6) is 3.14. The maximum Gasteiger partial charge on any atom is 0.239 e. The van der Waals surface area contributed by atoms with Crippen LogP contribution in [0.1, 0.15) is 119 Å². The van der Waals surface area contributed by atoms with E-state index in [1.54, 1.807) is 0 Å².